The molecule has 0 unspecified atom stereocenters. The highest BCUT2D eigenvalue weighted by atomic mass is 19.4. The summed E-state index contributed by atoms with van der Waals surface area (Å²) in [4.78, 5) is 3.82. The Morgan fingerprint density at radius 3 is 2.57 bits per heavy atom. The van der Waals surface area contributed by atoms with E-state index in [0.717, 1.165) is 12.1 Å². The van der Waals surface area contributed by atoms with E-state index in [2.05, 4.69) is 15.5 Å². The normalized spacial score (nSPS) is 11.8. The van der Waals surface area contributed by atoms with Crippen molar-refractivity contribution in [3.63, 3.8) is 0 Å². The third kappa shape index (κ3) is 3.63. The minimum atomic E-state index is -4.52. The first kappa shape index (κ1) is 15.1. The van der Waals surface area contributed by atoms with Crippen LogP contribution in [0.3, 0.4) is 0 Å². The van der Waals surface area contributed by atoms with Gasteiger partial charge >= 0.3 is 6.18 Å². The molecule has 0 fully saturated rings. The molecule has 0 aliphatic carbocycles. The summed E-state index contributed by atoms with van der Waals surface area (Å²) in [6.07, 6.45) is -1.55. The summed E-state index contributed by atoms with van der Waals surface area (Å²) in [6.45, 7) is 3.82. The van der Waals surface area contributed by atoms with Gasteiger partial charge in [0, 0.05) is 12.1 Å². The van der Waals surface area contributed by atoms with E-state index in [1.54, 1.807) is 10.9 Å². The van der Waals surface area contributed by atoms with Crippen molar-refractivity contribution in [3.8, 4) is 11.6 Å². The van der Waals surface area contributed by atoms with Crippen molar-refractivity contribution in [2.45, 2.75) is 26.1 Å². The van der Waals surface area contributed by atoms with Gasteiger partial charge in [-0.25, -0.2) is 5.84 Å². The lowest BCUT2D eigenvalue weighted by Gasteiger charge is -2.11. The van der Waals surface area contributed by atoms with Gasteiger partial charge in [-0.05, 0) is 19.9 Å². The quantitative estimate of drug-likeness (QED) is 0.670. The zero-order chi connectivity index (χ0) is 15.6. The lowest BCUT2D eigenvalue weighted by molar-refractivity contribution is -0.137. The molecule has 0 saturated heterocycles. The Morgan fingerprint density at radius 1 is 1.33 bits per heavy atom. The van der Waals surface area contributed by atoms with Gasteiger partial charge in [0.2, 0.25) is 5.88 Å². The predicted molar refractivity (Wildman–Crippen MR) is 69.7 cm³/mol. The van der Waals surface area contributed by atoms with E-state index in [4.69, 9.17) is 10.6 Å². The fourth-order valence-corrected chi connectivity index (χ4v) is 1.57. The molecule has 2 aromatic rings. The summed E-state index contributed by atoms with van der Waals surface area (Å²) in [5, 5.41) is 4.03. The molecule has 2 rings (SSSR count). The Balaban J connectivity index is 2.30. The van der Waals surface area contributed by atoms with E-state index < -0.39 is 11.7 Å². The van der Waals surface area contributed by atoms with Crippen LogP contribution >= 0.6 is 0 Å². The molecule has 6 nitrogen and oxygen atoms in total. The molecule has 0 spiro atoms. The third-order valence-corrected chi connectivity index (χ3v) is 2.61. The summed E-state index contributed by atoms with van der Waals surface area (Å²) in [5.74, 6) is 5.04. The van der Waals surface area contributed by atoms with Gasteiger partial charge in [0.05, 0.1) is 18.0 Å². The number of hydrogen-bond donors (Lipinski definition) is 2. The Bertz CT molecular complexity index is 624. The van der Waals surface area contributed by atoms with E-state index in [0.29, 0.717) is 5.75 Å². The molecule has 3 N–H and O–H groups in total. The molecule has 0 aliphatic rings. The molecule has 0 atom stereocenters. The van der Waals surface area contributed by atoms with Crippen LogP contribution in [0.5, 0.6) is 11.6 Å². The minimum absolute atomic E-state index is 0.109. The summed E-state index contributed by atoms with van der Waals surface area (Å²) in [7, 11) is 0. The smallest absolute Gasteiger partial charge is 0.416 e. The van der Waals surface area contributed by atoms with Crippen molar-refractivity contribution < 1.29 is 17.9 Å². The van der Waals surface area contributed by atoms with Crippen LogP contribution in [0.25, 0.3) is 0 Å². The van der Waals surface area contributed by atoms with Gasteiger partial charge in [-0.2, -0.15) is 23.3 Å². The standard InChI is InChI=1S/C12H14F3N5O/c1-7(2)20-6-9(5-17-20)21-11-4-8(12(13,14)15)3-10(18-11)19-16/h3-7H,16H2,1-2H3,(H,18,19). The highest BCUT2D eigenvalue weighted by molar-refractivity contribution is 5.42. The van der Waals surface area contributed by atoms with E-state index >= 15 is 0 Å². The number of nitrogens with one attached hydrogen (secondary N) is 1. The summed E-state index contributed by atoms with van der Waals surface area (Å²) in [6, 6.07) is 1.70. The number of alkyl halides is 3. The first-order valence-corrected chi connectivity index (χ1v) is 6.07. The highest BCUT2D eigenvalue weighted by Crippen LogP contribution is 2.33. The number of anilines is 1. The molecule has 0 aliphatic heterocycles. The number of pyridine rings is 1. The third-order valence-electron chi connectivity index (χ3n) is 2.61. The van der Waals surface area contributed by atoms with Gasteiger partial charge in [-0.15, -0.1) is 0 Å². The fraction of sp³-hybridized carbons (Fsp3) is 0.333. The molecular formula is C12H14F3N5O. The van der Waals surface area contributed by atoms with Crippen molar-refractivity contribution in [1.82, 2.24) is 14.8 Å². The number of ether oxygens (including phenoxy) is 1. The molecule has 0 saturated carbocycles. The molecule has 9 heteroatoms. The minimum Gasteiger partial charge on any atom is -0.436 e. The van der Waals surface area contributed by atoms with Crippen molar-refractivity contribution in [3.05, 3.63) is 30.1 Å². The van der Waals surface area contributed by atoms with Gasteiger partial charge in [-0.1, -0.05) is 0 Å². The number of hydrogen-bond acceptors (Lipinski definition) is 5. The number of nitrogens with two attached hydrogens (primary N) is 1. The van der Waals surface area contributed by atoms with Gasteiger partial charge in [0.25, 0.3) is 0 Å². The van der Waals surface area contributed by atoms with Crippen molar-refractivity contribution in [1.29, 1.82) is 0 Å². The maximum Gasteiger partial charge on any atom is 0.416 e. The largest absolute Gasteiger partial charge is 0.436 e. The van der Waals surface area contributed by atoms with Crippen LogP contribution in [-0.2, 0) is 6.18 Å². The zero-order valence-electron chi connectivity index (χ0n) is 11.3. The molecule has 2 aromatic heterocycles. The SMILES string of the molecule is CC(C)n1cc(Oc2cc(C(F)(F)F)cc(NN)n2)cn1. The van der Waals surface area contributed by atoms with Gasteiger partial charge in [-0.3, -0.25) is 4.68 Å². The number of halogens is 3. The maximum atomic E-state index is 12.8. The van der Waals surface area contributed by atoms with Crippen LogP contribution in [0.1, 0.15) is 25.5 Å². The number of rotatable bonds is 4. The average Bonchev–Trinajstić information content (AvgIpc) is 2.86. The number of nitrogens with zero attached hydrogens (tertiary/aromatic N) is 3. The lowest BCUT2D eigenvalue weighted by Crippen LogP contribution is -2.12. The molecule has 114 valence electrons. The molecular weight excluding hydrogens is 287 g/mol. The van der Waals surface area contributed by atoms with Crippen LogP contribution in [-0.4, -0.2) is 14.8 Å². The maximum absolute atomic E-state index is 12.8. The molecule has 2 heterocycles. The molecule has 0 aromatic carbocycles. The van der Waals surface area contributed by atoms with Crippen LogP contribution in [0, 0.1) is 0 Å². The summed E-state index contributed by atoms with van der Waals surface area (Å²) < 4.78 is 45.2. The first-order valence-electron chi connectivity index (χ1n) is 6.07. The van der Waals surface area contributed by atoms with Gasteiger partial charge in [0.1, 0.15) is 5.82 Å². The zero-order valence-corrected chi connectivity index (χ0v) is 11.3. The van der Waals surface area contributed by atoms with Crippen LogP contribution in [0.4, 0.5) is 19.0 Å². The predicted octanol–water partition coefficient (Wildman–Crippen LogP) is 2.96. The second kappa shape index (κ2) is 5.60. The number of aromatic nitrogens is 3. The van der Waals surface area contributed by atoms with Crippen LogP contribution < -0.4 is 16.0 Å². The van der Waals surface area contributed by atoms with E-state index in [9.17, 15) is 13.2 Å². The average molecular weight is 301 g/mol. The van der Waals surface area contributed by atoms with Crippen molar-refractivity contribution in [2.24, 2.45) is 5.84 Å². The summed E-state index contributed by atoms with van der Waals surface area (Å²) in [5.41, 5.74) is 1.17. The lowest BCUT2D eigenvalue weighted by atomic mass is 10.2. The van der Waals surface area contributed by atoms with Gasteiger partial charge in [0.15, 0.2) is 5.75 Å². The number of nitrogen functional groups attached to an aromatic ring is 1. The Morgan fingerprint density at radius 2 is 2.05 bits per heavy atom. The van der Waals surface area contributed by atoms with Crippen LogP contribution in [0.15, 0.2) is 24.5 Å². The summed E-state index contributed by atoms with van der Waals surface area (Å²) >= 11 is 0. The van der Waals surface area contributed by atoms with Gasteiger partial charge < -0.3 is 10.2 Å². The highest BCUT2D eigenvalue weighted by Gasteiger charge is 2.32. The molecule has 0 bridgehead atoms. The first-order chi connectivity index (χ1) is 9.79. The monoisotopic (exact) mass is 301 g/mol. The molecule has 0 radical (unpaired) electrons. The Labute approximate surface area is 118 Å². The molecule has 21 heavy (non-hydrogen) atoms. The van der Waals surface area contributed by atoms with Crippen molar-refractivity contribution in [2.75, 3.05) is 5.43 Å². The molecule has 0 amide bonds. The Hall–Kier alpha value is -2.29. The van der Waals surface area contributed by atoms with E-state index in [-0.39, 0.29) is 17.7 Å². The second-order valence-electron chi connectivity index (χ2n) is 4.57. The topological polar surface area (TPSA) is 78.0 Å². The van der Waals surface area contributed by atoms with E-state index in [1.165, 1.54) is 6.20 Å². The fourth-order valence-electron chi connectivity index (χ4n) is 1.57. The van der Waals surface area contributed by atoms with E-state index in [1.807, 2.05) is 13.8 Å². The Kier molecular flexibility index (Phi) is 4.03. The second-order valence-corrected chi connectivity index (χ2v) is 4.57. The number of hydrazine groups is 1. The van der Waals surface area contributed by atoms with Crippen molar-refractivity contribution >= 4 is 5.82 Å². The van der Waals surface area contributed by atoms with Crippen LogP contribution in [0.2, 0.25) is 0 Å².